The smallest absolute Gasteiger partial charge is 0.259 e. The fourth-order valence-corrected chi connectivity index (χ4v) is 4.48. The molecule has 0 saturated heterocycles. The van der Waals surface area contributed by atoms with Crippen molar-refractivity contribution in [2.75, 3.05) is 22.4 Å². The summed E-state index contributed by atoms with van der Waals surface area (Å²) in [5.74, 6) is -0.248. The van der Waals surface area contributed by atoms with Gasteiger partial charge in [0.2, 0.25) is 10.0 Å². The van der Waals surface area contributed by atoms with Crippen molar-refractivity contribution in [3.05, 3.63) is 71.4 Å². The number of anilines is 2. The maximum absolute atomic E-state index is 13.2. The van der Waals surface area contributed by atoms with Gasteiger partial charge in [0.15, 0.2) is 5.75 Å². The van der Waals surface area contributed by atoms with E-state index in [0.717, 1.165) is 29.1 Å². The molecule has 0 unspecified atom stereocenters. The number of carbonyl (C=O) groups is 1. The summed E-state index contributed by atoms with van der Waals surface area (Å²) in [6.45, 7) is 6.94. The number of sulfonamides is 1. The Morgan fingerprint density at radius 1 is 1.03 bits per heavy atom. The summed E-state index contributed by atoms with van der Waals surface area (Å²) in [7, 11) is -3.59. The van der Waals surface area contributed by atoms with Crippen LogP contribution in [-0.4, -0.2) is 37.2 Å². The van der Waals surface area contributed by atoms with E-state index in [1.54, 1.807) is 0 Å². The minimum absolute atomic E-state index is 0.0184. The van der Waals surface area contributed by atoms with Gasteiger partial charge in [-0.15, -0.1) is 0 Å². The topological polar surface area (TPSA) is 99.6 Å². The quantitative estimate of drug-likeness (QED) is 0.598. The number of aromatic nitrogens is 1. The van der Waals surface area contributed by atoms with Gasteiger partial charge in [0.1, 0.15) is 5.82 Å². The maximum Gasteiger partial charge on any atom is 0.259 e. The van der Waals surface area contributed by atoms with Gasteiger partial charge in [-0.25, -0.2) is 13.4 Å². The zero-order valence-corrected chi connectivity index (χ0v) is 19.9. The van der Waals surface area contributed by atoms with Crippen LogP contribution < -0.4 is 9.62 Å². The number of fused-ring (bicyclic) bond motifs is 1. The molecular formula is C25H27N3O4S. The molecular weight excluding hydrogens is 438 g/mol. The first-order valence-electron chi connectivity index (χ1n) is 10.6. The Morgan fingerprint density at radius 2 is 1.70 bits per heavy atom. The van der Waals surface area contributed by atoms with Crippen molar-refractivity contribution in [2.45, 2.75) is 32.6 Å². The van der Waals surface area contributed by atoms with Crippen molar-refractivity contribution in [1.82, 2.24) is 4.98 Å². The van der Waals surface area contributed by atoms with E-state index >= 15 is 0 Å². The molecule has 0 radical (unpaired) electrons. The van der Waals surface area contributed by atoms with Crippen LogP contribution in [0.15, 0.2) is 54.7 Å². The summed E-state index contributed by atoms with van der Waals surface area (Å²) in [4.78, 5) is 18.8. The molecule has 172 valence electrons. The molecule has 8 heteroatoms. The minimum Gasteiger partial charge on any atom is -0.504 e. The molecule has 33 heavy (non-hydrogen) atoms. The molecule has 3 aromatic rings. The summed E-state index contributed by atoms with van der Waals surface area (Å²) in [5.41, 5.74) is 5.03. The second-order valence-electron chi connectivity index (χ2n) is 9.34. The number of pyridine rings is 1. The van der Waals surface area contributed by atoms with E-state index in [4.69, 9.17) is 0 Å². The number of hydrogen-bond donors (Lipinski definition) is 2. The summed E-state index contributed by atoms with van der Waals surface area (Å²) >= 11 is 0. The van der Waals surface area contributed by atoms with E-state index in [1.165, 1.54) is 16.5 Å². The summed E-state index contributed by atoms with van der Waals surface area (Å²) in [6.07, 6.45) is 2.76. The SMILES string of the molecule is CC(C)(C)c1ccc(-c2ccc3c(c2)CCN(c2cc(NS(C)(=O)=O)c(O)cn2)C3=O)cc1. The molecule has 0 fully saturated rings. The van der Waals surface area contributed by atoms with Crippen molar-refractivity contribution in [3.8, 4) is 16.9 Å². The van der Waals surface area contributed by atoms with Crippen LogP contribution in [0, 0.1) is 0 Å². The number of aromatic hydroxyl groups is 1. The lowest BCUT2D eigenvalue weighted by Gasteiger charge is -2.28. The maximum atomic E-state index is 13.2. The van der Waals surface area contributed by atoms with E-state index in [2.05, 4.69) is 60.8 Å². The van der Waals surface area contributed by atoms with Gasteiger partial charge in [-0.1, -0.05) is 57.2 Å². The normalized spacial score (nSPS) is 14.2. The van der Waals surface area contributed by atoms with Crippen LogP contribution in [0.4, 0.5) is 11.5 Å². The molecule has 1 aliphatic rings. The van der Waals surface area contributed by atoms with Crippen LogP contribution in [0.5, 0.6) is 5.75 Å². The van der Waals surface area contributed by atoms with Gasteiger partial charge in [0.05, 0.1) is 18.1 Å². The number of benzene rings is 2. The first-order valence-corrected chi connectivity index (χ1v) is 12.5. The van der Waals surface area contributed by atoms with Crippen molar-refractivity contribution < 1.29 is 18.3 Å². The van der Waals surface area contributed by atoms with Crippen molar-refractivity contribution in [1.29, 1.82) is 0 Å². The van der Waals surface area contributed by atoms with E-state index in [1.807, 2.05) is 12.1 Å². The van der Waals surface area contributed by atoms with Gasteiger partial charge in [-0.05, 0) is 40.2 Å². The van der Waals surface area contributed by atoms with Gasteiger partial charge in [0.25, 0.3) is 5.91 Å². The van der Waals surface area contributed by atoms with E-state index in [9.17, 15) is 18.3 Å². The Morgan fingerprint density at radius 3 is 2.33 bits per heavy atom. The largest absolute Gasteiger partial charge is 0.504 e. The third kappa shape index (κ3) is 4.85. The van der Waals surface area contributed by atoms with Crippen LogP contribution in [0.25, 0.3) is 11.1 Å². The molecule has 2 N–H and O–H groups in total. The fraction of sp³-hybridized carbons (Fsp3) is 0.280. The highest BCUT2D eigenvalue weighted by Crippen LogP contribution is 2.32. The zero-order valence-electron chi connectivity index (χ0n) is 19.1. The molecule has 1 amide bonds. The number of hydrogen-bond acceptors (Lipinski definition) is 5. The average Bonchev–Trinajstić information content (AvgIpc) is 2.74. The Hall–Kier alpha value is -3.39. The Kier molecular flexibility index (Phi) is 5.66. The average molecular weight is 466 g/mol. The van der Waals surface area contributed by atoms with E-state index in [0.29, 0.717) is 18.5 Å². The lowest BCUT2D eigenvalue weighted by atomic mass is 9.86. The first-order chi connectivity index (χ1) is 15.4. The predicted octanol–water partition coefficient (Wildman–Crippen LogP) is 4.33. The molecule has 2 heterocycles. The summed E-state index contributed by atoms with van der Waals surface area (Å²) in [5, 5.41) is 9.93. The lowest BCUT2D eigenvalue weighted by Crippen LogP contribution is -2.38. The number of amides is 1. The van der Waals surface area contributed by atoms with Crippen LogP contribution in [0.3, 0.4) is 0 Å². The third-order valence-electron chi connectivity index (χ3n) is 5.71. The summed E-state index contributed by atoms with van der Waals surface area (Å²) < 4.78 is 25.4. The standard InChI is InChI=1S/C25H27N3O4S/c1-25(2,3)19-8-5-16(6-9-19)17-7-10-20-18(13-17)11-12-28(24(20)30)23-14-21(22(29)15-26-23)27-33(4,31)32/h5-10,13-15,29H,11-12H2,1-4H3,(H,26,27). The molecule has 0 aliphatic carbocycles. The predicted molar refractivity (Wildman–Crippen MR) is 130 cm³/mol. The Labute approximate surface area is 194 Å². The fourth-order valence-electron chi connectivity index (χ4n) is 3.92. The van der Waals surface area contributed by atoms with Gasteiger partial charge in [-0.3, -0.25) is 14.4 Å². The molecule has 2 aromatic carbocycles. The molecule has 0 atom stereocenters. The minimum atomic E-state index is -3.59. The van der Waals surface area contributed by atoms with Gasteiger partial charge < -0.3 is 5.11 Å². The van der Waals surface area contributed by atoms with Crippen LogP contribution >= 0.6 is 0 Å². The third-order valence-corrected chi connectivity index (χ3v) is 6.30. The molecule has 0 bridgehead atoms. The second kappa shape index (κ2) is 8.19. The number of rotatable bonds is 4. The number of nitrogens with one attached hydrogen (secondary N) is 1. The van der Waals surface area contributed by atoms with Crippen LogP contribution in [-0.2, 0) is 21.9 Å². The van der Waals surface area contributed by atoms with Crippen LogP contribution in [0.1, 0.15) is 42.3 Å². The molecule has 1 aromatic heterocycles. The molecule has 7 nitrogen and oxygen atoms in total. The highest BCUT2D eigenvalue weighted by atomic mass is 32.2. The second-order valence-corrected chi connectivity index (χ2v) is 11.1. The zero-order chi connectivity index (χ0) is 24.0. The highest BCUT2D eigenvalue weighted by Gasteiger charge is 2.27. The number of nitrogens with zero attached hydrogens (tertiary/aromatic N) is 2. The number of carbonyl (C=O) groups excluding carboxylic acids is 1. The molecule has 0 spiro atoms. The van der Waals surface area contributed by atoms with Crippen LogP contribution in [0.2, 0.25) is 0 Å². The highest BCUT2D eigenvalue weighted by molar-refractivity contribution is 7.92. The Bertz CT molecular complexity index is 1330. The molecule has 4 rings (SSSR count). The van der Waals surface area contributed by atoms with Gasteiger partial charge in [-0.2, -0.15) is 0 Å². The molecule has 1 aliphatic heterocycles. The first kappa shape index (κ1) is 22.8. The van der Waals surface area contributed by atoms with E-state index < -0.39 is 10.0 Å². The monoisotopic (exact) mass is 465 g/mol. The van der Waals surface area contributed by atoms with Gasteiger partial charge in [0, 0.05) is 18.2 Å². The molecule has 0 saturated carbocycles. The Balaban J connectivity index is 1.61. The van der Waals surface area contributed by atoms with E-state index in [-0.39, 0.29) is 28.6 Å². The van der Waals surface area contributed by atoms with Gasteiger partial charge >= 0.3 is 0 Å². The lowest BCUT2D eigenvalue weighted by molar-refractivity contribution is 0.0980. The van der Waals surface area contributed by atoms with Crippen molar-refractivity contribution in [3.63, 3.8) is 0 Å². The summed E-state index contributed by atoms with van der Waals surface area (Å²) in [6, 6.07) is 15.7. The van der Waals surface area contributed by atoms with Crippen molar-refractivity contribution in [2.24, 2.45) is 0 Å². The van der Waals surface area contributed by atoms with Crippen molar-refractivity contribution >= 4 is 27.4 Å².